The van der Waals surface area contributed by atoms with Crippen LogP contribution in [0.15, 0.2) is 48.5 Å². The molecule has 1 fully saturated rings. The Hall–Kier alpha value is -3.19. The highest BCUT2D eigenvalue weighted by Crippen LogP contribution is 2.23. The van der Waals surface area contributed by atoms with Crippen LogP contribution < -0.4 is 10.6 Å². The van der Waals surface area contributed by atoms with Crippen LogP contribution in [0.3, 0.4) is 0 Å². The lowest BCUT2D eigenvalue weighted by Gasteiger charge is -2.24. The first-order valence-corrected chi connectivity index (χ1v) is 10.4. The summed E-state index contributed by atoms with van der Waals surface area (Å²) in [5.41, 5.74) is 2.97. The number of carbonyl (C=O) groups is 3. The standard InChI is InChI=1S/C24H29N3O4/c1-16-8-10-18(11-9-16)13-25-24(30)20-6-4-5-7-21(20)26-23(29)19-12-22(28)27(14-19)17(2)15-31-3/h4-11,17,19H,12-15H2,1-3H3,(H,25,30)(H,26,29)/t17-,19+/m1/s1. The van der Waals surface area contributed by atoms with Crippen molar-refractivity contribution < 1.29 is 19.1 Å². The van der Waals surface area contributed by atoms with Crippen LogP contribution >= 0.6 is 0 Å². The highest BCUT2D eigenvalue weighted by atomic mass is 16.5. The summed E-state index contributed by atoms with van der Waals surface area (Å²) in [6, 6.07) is 14.7. The van der Waals surface area contributed by atoms with Gasteiger partial charge in [-0.2, -0.15) is 0 Å². The molecule has 0 aliphatic carbocycles. The molecule has 1 heterocycles. The lowest BCUT2D eigenvalue weighted by Crippen LogP contribution is -2.38. The van der Waals surface area contributed by atoms with E-state index < -0.39 is 5.92 Å². The lowest BCUT2D eigenvalue weighted by molar-refractivity contribution is -0.130. The summed E-state index contributed by atoms with van der Waals surface area (Å²) in [7, 11) is 1.59. The van der Waals surface area contributed by atoms with Gasteiger partial charge in [-0.1, -0.05) is 42.0 Å². The monoisotopic (exact) mass is 423 g/mol. The van der Waals surface area contributed by atoms with E-state index >= 15 is 0 Å². The molecule has 0 unspecified atom stereocenters. The Kier molecular flexibility index (Phi) is 7.41. The average Bonchev–Trinajstić information content (AvgIpc) is 3.15. The number of hydrogen-bond acceptors (Lipinski definition) is 4. The van der Waals surface area contributed by atoms with Crippen LogP contribution in [0.1, 0.15) is 34.8 Å². The summed E-state index contributed by atoms with van der Waals surface area (Å²) >= 11 is 0. The van der Waals surface area contributed by atoms with Crippen molar-refractivity contribution in [3.8, 4) is 0 Å². The zero-order valence-electron chi connectivity index (χ0n) is 18.2. The average molecular weight is 424 g/mol. The summed E-state index contributed by atoms with van der Waals surface area (Å²) in [4.78, 5) is 39.5. The van der Waals surface area contributed by atoms with Gasteiger partial charge in [0.2, 0.25) is 11.8 Å². The second kappa shape index (κ2) is 10.2. The van der Waals surface area contributed by atoms with E-state index in [1.54, 1.807) is 36.3 Å². The first-order chi connectivity index (χ1) is 14.9. The molecular formula is C24H29N3O4. The Morgan fingerprint density at radius 3 is 2.58 bits per heavy atom. The largest absolute Gasteiger partial charge is 0.383 e. The van der Waals surface area contributed by atoms with Crippen LogP contribution in [0, 0.1) is 12.8 Å². The first-order valence-electron chi connectivity index (χ1n) is 10.4. The van der Waals surface area contributed by atoms with E-state index in [1.165, 1.54) is 0 Å². The van der Waals surface area contributed by atoms with E-state index in [2.05, 4.69) is 10.6 Å². The molecule has 0 aromatic heterocycles. The Bertz CT molecular complexity index is 942. The molecule has 2 atom stereocenters. The van der Waals surface area contributed by atoms with Gasteiger partial charge in [-0.3, -0.25) is 14.4 Å². The maximum absolute atomic E-state index is 12.8. The number of para-hydroxylation sites is 1. The highest BCUT2D eigenvalue weighted by Gasteiger charge is 2.36. The molecule has 0 spiro atoms. The van der Waals surface area contributed by atoms with Gasteiger partial charge in [0.25, 0.3) is 5.91 Å². The molecular weight excluding hydrogens is 394 g/mol. The van der Waals surface area contributed by atoms with E-state index in [-0.39, 0.29) is 30.2 Å². The molecule has 7 heteroatoms. The quantitative estimate of drug-likeness (QED) is 0.683. The Morgan fingerprint density at radius 1 is 1.16 bits per heavy atom. The number of methoxy groups -OCH3 is 1. The van der Waals surface area contributed by atoms with Crippen molar-refractivity contribution in [3.05, 3.63) is 65.2 Å². The third kappa shape index (κ3) is 5.70. The maximum atomic E-state index is 12.8. The van der Waals surface area contributed by atoms with Gasteiger partial charge < -0.3 is 20.3 Å². The second-order valence-electron chi connectivity index (χ2n) is 7.95. The number of hydrogen-bond donors (Lipinski definition) is 2. The molecule has 2 aromatic rings. The van der Waals surface area contributed by atoms with Crippen molar-refractivity contribution in [1.82, 2.24) is 10.2 Å². The third-order valence-electron chi connectivity index (χ3n) is 5.47. The molecule has 3 rings (SSSR count). The third-order valence-corrected chi connectivity index (χ3v) is 5.47. The number of nitrogens with one attached hydrogen (secondary N) is 2. The molecule has 7 nitrogen and oxygen atoms in total. The van der Waals surface area contributed by atoms with Crippen LogP contribution in [-0.4, -0.2) is 48.9 Å². The topological polar surface area (TPSA) is 87.7 Å². The number of aryl methyl sites for hydroxylation is 1. The van der Waals surface area contributed by atoms with Crippen molar-refractivity contribution in [2.24, 2.45) is 5.92 Å². The number of nitrogens with zero attached hydrogens (tertiary/aromatic N) is 1. The zero-order valence-corrected chi connectivity index (χ0v) is 18.2. The predicted molar refractivity (Wildman–Crippen MR) is 119 cm³/mol. The minimum absolute atomic E-state index is 0.0613. The van der Waals surface area contributed by atoms with E-state index in [4.69, 9.17) is 4.74 Å². The minimum Gasteiger partial charge on any atom is -0.383 e. The fraction of sp³-hybridized carbons (Fsp3) is 0.375. The molecule has 1 aliphatic rings. The van der Waals surface area contributed by atoms with E-state index in [0.29, 0.717) is 30.9 Å². The van der Waals surface area contributed by atoms with Gasteiger partial charge in [0.15, 0.2) is 0 Å². The van der Waals surface area contributed by atoms with Crippen LogP contribution in [0.2, 0.25) is 0 Å². The number of rotatable bonds is 8. The molecule has 3 amide bonds. The fourth-order valence-corrected chi connectivity index (χ4v) is 3.67. The van der Waals surface area contributed by atoms with Gasteiger partial charge in [-0.25, -0.2) is 0 Å². The van der Waals surface area contributed by atoms with Crippen LogP contribution in [0.5, 0.6) is 0 Å². The van der Waals surface area contributed by atoms with Crippen molar-refractivity contribution in [3.63, 3.8) is 0 Å². The Morgan fingerprint density at radius 2 is 1.87 bits per heavy atom. The molecule has 0 radical (unpaired) electrons. The summed E-state index contributed by atoms with van der Waals surface area (Å²) in [5.74, 6) is -1.06. The first kappa shape index (κ1) is 22.5. The van der Waals surface area contributed by atoms with Gasteiger partial charge in [-0.05, 0) is 31.5 Å². The van der Waals surface area contributed by atoms with E-state index in [9.17, 15) is 14.4 Å². The van der Waals surface area contributed by atoms with Crippen molar-refractivity contribution in [2.45, 2.75) is 32.9 Å². The van der Waals surface area contributed by atoms with Crippen LogP contribution in [-0.2, 0) is 20.9 Å². The van der Waals surface area contributed by atoms with Crippen molar-refractivity contribution >= 4 is 23.4 Å². The number of anilines is 1. The molecule has 2 N–H and O–H groups in total. The van der Waals surface area contributed by atoms with E-state index in [1.807, 2.05) is 38.1 Å². The molecule has 2 aromatic carbocycles. The summed E-state index contributed by atoms with van der Waals surface area (Å²) in [6.45, 7) is 5.07. The molecule has 31 heavy (non-hydrogen) atoms. The number of likely N-dealkylation sites (tertiary alicyclic amines) is 1. The van der Waals surface area contributed by atoms with Gasteiger partial charge in [0.1, 0.15) is 0 Å². The predicted octanol–water partition coefficient (Wildman–Crippen LogP) is 2.75. The SMILES string of the molecule is COC[C@@H](C)N1C[C@@H](C(=O)Nc2ccccc2C(=O)NCc2ccc(C)cc2)CC1=O. The summed E-state index contributed by atoms with van der Waals surface area (Å²) < 4.78 is 5.12. The van der Waals surface area contributed by atoms with Gasteiger partial charge in [0.05, 0.1) is 29.8 Å². The smallest absolute Gasteiger partial charge is 0.253 e. The second-order valence-corrected chi connectivity index (χ2v) is 7.95. The summed E-state index contributed by atoms with van der Waals surface area (Å²) in [6.07, 6.45) is 0.154. The molecule has 164 valence electrons. The van der Waals surface area contributed by atoms with Crippen LogP contribution in [0.4, 0.5) is 5.69 Å². The molecule has 1 saturated heterocycles. The van der Waals surface area contributed by atoms with Crippen molar-refractivity contribution in [1.29, 1.82) is 0 Å². The fourth-order valence-electron chi connectivity index (χ4n) is 3.67. The van der Waals surface area contributed by atoms with Crippen molar-refractivity contribution in [2.75, 3.05) is 25.6 Å². The summed E-state index contributed by atoms with van der Waals surface area (Å²) in [5, 5.41) is 5.74. The minimum atomic E-state index is -0.463. The normalized spacial score (nSPS) is 16.8. The van der Waals surface area contributed by atoms with E-state index in [0.717, 1.165) is 11.1 Å². The number of amides is 3. The van der Waals surface area contributed by atoms with Gasteiger partial charge in [0, 0.05) is 26.6 Å². The number of ether oxygens (including phenoxy) is 1. The highest BCUT2D eigenvalue weighted by molar-refractivity contribution is 6.05. The Balaban J connectivity index is 1.63. The maximum Gasteiger partial charge on any atom is 0.253 e. The van der Waals surface area contributed by atoms with Gasteiger partial charge in [-0.15, -0.1) is 0 Å². The zero-order chi connectivity index (χ0) is 22.4. The lowest BCUT2D eigenvalue weighted by atomic mass is 10.1. The molecule has 0 bridgehead atoms. The molecule has 0 saturated carbocycles. The number of carbonyl (C=O) groups excluding carboxylic acids is 3. The van der Waals surface area contributed by atoms with Gasteiger partial charge >= 0.3 is 0 Å². The molecule has 1 aliphatic heterocycles. The number of benzene rings is 2. The van der Waals surface area contributed by atoms with Crippen LogP contribution in [0.25, 0.3) is 0 Å². The Labute approximate surface area is 182 Å².